The van der Waals surface area contributed by atoms with Crippen molar-refractivity contribution in [2.24, 2.45) is 7.05 Å². The number of aromatic nitrogens is 2. The highest BCUT2D eigenvalue weighted by Gasteiger charge is 2.20. The predicted molar refractivity (Wildman–Crippen MR) is 99.3 cm³/mol. The molecule has 25 heavy (non-hydrogen) atoms. The zero-order chi connectivity index (χ0) is 17.6. The smallest absolute Gasteiger partial charge is 0.258 e. The molecule has 1 aromatic heterocycles. The number of amides is 1. The van der Waals surface area contributed by atoms with Gasteiger partial charge in [0, 0.05) is 23.9 Å². The van der Waals surface area contributed by atoms with Gasteiger partial charge in [0.2, 0.25) is 0 Å². The number of nitrogens with one attached hydrogen (secondary N) is 1. The van der Waals surface area contributed by atoms with Crippen molar-refractivity contribution in [3.8, 4) is 5.75 Å². The summed E-state index contributed by atoms with van der Waals surface area (Å²) in [6, 6.07) is 16.8. The molecular formula is C19H18BrN3O2. The summed E-state index contributed by atoms with van der Waals surface area (Å²) < 4.78 is 8.36. The number of nitrogens with zero attached hydrogens (tertiary/aromatic N) is 2. The molecule has 1 heterocycles. The Hall–Kier alpha value is -2.60. The molecule has 0 aliphatic heterocycles. The monoisotopic (exact) mass is 399 g/mol. The molecule has 1 N–H and O–H groups in total. The van der Waals surface area contributed by atoms with E-state index in [1.165, 1.54) is 0 Å². The minimum Gasteiger partial charge on any atom is -0.484 e. The lowest BCUT2D eigenvalue weighted by Crippen LogP contribution is -2.34. The van der Waals surface area contributed by atoms with E-state index in [2.05, 4.69) is 26.2 Å². The van der Waals surface area contributed by atoms with Crippen LogP contribution in [0.3, 0.4) is 0 Å². The van der Waals surface area contributed by atoms with E-state index >= 15 is 0 Å². The van der Waals surface area contributed by atoms with Gasteiger partial charge < -0.3 is 14.6 Å². The number of aryl methyl sites for hydroxylation is 1. The highest BCUT2D eigenvalue weighted by molar-refractivity contribution is 9.10. The maximum atomic E-state index is 12.4. The Morgan fingerprint density at radius 3 is 2.72 bits per heavy atom. The van der Waals surface area contributed by atoms with Gasteiger partial charge in [-0.3, -0.25) is 4.79 Å². The molecule has 3 rings (SSSR count). The molecule has 0 radical (unpaired) electrons. The standard InChI is InChI=1S/C19H18BrN3O2/c1-23-11-10-21-19(23)18(14-6-3-2-4-7-14)22-17(24)13-25-16-9-5-8-15(20)12-16/h2-12,18H,13H2,1H3,(H,22,24)/t18-/m1/s1. The van der Waals surface area contributed by atoms with Gasteiger partial charge in [-0.15, -0.1) is 0 Å². The number of carbonyl (C=O) groups is 1. The Labute approximate surface area is 154 Å². The quantitative estimate of drug-likeness (QED) is 0.690. The molecule has 1 amide bonds. The molecule has 0 unspecified atom stereocenters. The summed E-state index contributed by atoms with van der Waals surface area (Å²) in [6.45, 7) is -0.0653. The van der Waals surface area contributed by atoms with Crippen molar-refractivity contribution in [2.45, 2.75) is 6.04 Å². The lowest BCUT2D eigenvalue weighted by atomic mass is 10.1. The van der Waals surface area contributed by atoms with E-state index in [4.69, 9.17) is 4.74 Å². The zero-order valence-electron chi connectivity index (χ0n) is 13.7. The van der Waals surface area contributed by atoms with Crippen molar-refractivity contribution in [1.29, 1.82) is 0 Å². The van der Waals surface area contributed by atoms with Crippen molar-refractivity contribution in [3.63, 3.8) is 0 Å². The maximum absolute atomic E-state index is 12.4. The van der Waals surface area contributed by atoms with Crippen molar-refractivity contribution < 1.29 is 9.53 Å². The van der Waals surface area contributed by atoms with Gasteiger partial charge in [0.15, 0.2) is 6.61 Å². The second-order valence-electron chi connectivity index (χ2n) is 5.55. The van der Waals surface area contributed by atoms with Crippen LogP contribution in [0, 0.1) is 0 Å². The molecule has 5 nitrogen and oxygen atoms in total. The first-order chi connectivity index (χ1) is 12.1. The topological polar surface area (TPSA) is 56.2 Å². The number of hydrogen-bond acceptors (Lipinski definition) is 3. The van der Waals surface area contributed by atoms with E-state index in [0.717, 1.165) is 15.9 Å². The van der Waals surface area contributed by atoms with Crippen molar-refractivity contribution >= 4 is 21.8 Å². The minimum absolute atomic E-state index is 0.0653. The molecule has 0 fully saturated rings. The van der Waals surface area contributed by atoms with Crippen LogP contribution in [0.1, 0.15) is 17.4 Å². The van der Waals surface area contributed by atoms with Crippen LogP contribution in [0.15, 0.2) is 71.5 Å². The molecule has 2 aromatic carbocycles. The normalized spacial score (nSPS) is 11.8. The summed E-state index contributed by atoms with van der Waals surface area (Å²) in [5.41, 5.74) is 0.965. The Kier molecular flexibility index (Phi) is 5.50. The van der Waals surface area contributed by atoms with Crippen LogP contribution in [0.2, 0.25) is 0 Å². The van der Waals surface area contributed by atoms with E-state index in [-0.39, 0.29) is 18.6 Å². The second-order valence-corrected chi connectivity index (χ2v) is 6.47. The van der Waals surface area contributed by atoms with Gasteiger partial charge in [0.05, 0.1) is 0 Å². The van der Waals surface area contributed by atoms with Crippen molar-refractivity contribution in [3.05, 3.63) is 82.9 Å². The molecule has 0 aliphatic rings. The maximum Gasteiger partial charge on any atom is 0.258 e. The van der Waals surface area contributed by atoms with Gasteiger partial charge in [-0.1, -0.05) is 52.3 Å². The minimum atomic E-state index is -0.334. The lowest BCUT2D eigenvalue weighted by molar-refractivity contribution is -0.123. The van der Waals surface area contributed by atoms with E-state index in [1.54, 1.807) is 6.20 Å². The summed E-state index contributed by atoms with van der Waals surface area (Å²) in [4.78, 5) is 16.8. The summed E-state index contributed by atoms with van der Waals surface area (Å²) in [5.74, 6) is 1.19. The third kappa shape index (κ3) is 4.48. The fourth-order valence-corrected chi connectivity index (χ4v) is 2.88. The second kappa shape index (κ2) is 7.98. The Morgan fingerprint density at radius 1 is 1.24 bits per heavy atom. The molecule has 6 heteroatoms. The van der Waals surface area contributed by atoms with Crippen LogP contribution in [0.25, 0.3) is 0 Å². The first-order valence-electron chi connectivity index (χ1n) is 7.83. The molecule has 0 aliphatic carbocycles. The number of benzene rings is 2. The molecule has 128 valence electrons. The van der Waals surface area contributed by atoms with Gasteiger partial charge in [0.1, 0.15) is 17.6 Å². The van der Waals surface area contributed by atoms with Gasteiger partial charge in [-0.2, -0.15) is 0 Å². The Morgan fingerprint density at radius 2 is 2.04 bits per heavy atom. The molecular weight excluding hydrogens is 382 g/mol. The van der Waals surface area contributed by atoms with E-state index in [1.807, 2.05) is 72.4 Å². The SMILES string of the molecule is Cn1ccnc1[C@H](NC(=O)COc1cccc(Br)c1)c1ccccc1. The summed E-state index contributed by atoms with van der Waals surface area (Å²) in [5, 5.41) is 3.00. The van der Waals surface area contributed by atoms with Gasteiger partial charge >= 0.3 is 0 Å². The van der Waals surface area contributed by atoms with E-state index < -0.39 is 0 Å². The number of halogens is 1. The van der Waals surface area contributed by atoms with Gasteiger partial charge in [0.25, 0.3) is 5.91 Å². The Balaban J connectivity index is 1.72. The van der Waals surface area contributed by atoms with Crippen LogP contribution in [-0.2, 0) is 11.8 Å². The average Bonchev–Trinajstić information content (AvgIpc) is 3.04. The van der Waals surface area contributed by atoms with Gasteiger partial charge in [-0.25, -0.2) is 4.98 Å². The molecule has 0 saturated heterocycles. The van der Waals surface area contributed by atoms with Gasteiger partial charge in [-0.05, 0) is 23.8 Å². The molecule has 0 bridgehead atoms. The number of ether oxygens (including phenoxy) is 1. The first kappa shape index (κ1) is 17.2. The van der Waals surface area contributed by atoms with Crippen LogP contribution in [0.4, 0.5) is 0 Å². The zero-order valence-corrected chi connectivity index (χ0v) is 15.3. The third-order valence-electron chi connectivity index (χ3n) is 3.72. The average molecular weight is 400 g/mol. The van der Waals surface area contributed by atoms with Crippen LogP contribution in [-0.4, -0.2) is 22.1 Å². The van der Waals surface area contributed by atoms with Crippen LogP contribution < -0.4 is 10.1 Å². The third-order valence-corrected chi connectivity index (χ3v) is 4.21. The largest absolute Gasteiger partial charge is 0.484 e. The predicted octanol–water partition coefficient (Wildman–Crippen LogP) is 3.47. The van der Waals surface area contributed by atoms with Crippen molar-refractivity contribution in [1.82, 2.24) is 14.9 Å². The van der Waals surface area contributed by atoms with Crippen LogP contribution >= 0.6 is 15.9 Å². The van der Waals surface area contributed by atoms with Crippen LogP contribution in [0.5, 0.6) is 5.75 Å². The molecule has 0 saturated carbocycles. The molecule has 1 atom stereocenters. The molecule has 3 aromatic rings. The number of imidazole rings is 1. The number of rotatable bonds is 6. The van der Waals surface area contributed by atoms with E-state index in [9.17, 15) is 4.79 Å². The summed E-state index contributed by atoms with van der Waals surface area (Å²) in [7, 11) is 1.91. The van der Waals surface area contributed by atoms with E-state index in [0.29, 0.717) is 5.75 Å². The highest BCUT2D eigenvalue weighted by atomic mass is 79.9. The molecule has 0 spiro atoms. The lowest BCUT2D eigenvalue weighted by Gasteiger charge is -2.19. The summed E-state index contributed by atoms with van der Waals surface area (Å²) >= 11 is 3.38. The fraction of sp³-hybridized carbons (Fsp3) is 0.158. The first-order valence-corrected chi connectivity index (χ1v) is 8.62. The highest BCUT2D eigenvalue weighted by Crippen LogP contribution is 2.21. The van der Waals surface area contributed by atoms with Crippen molar-refractivity contribution in [2.75, 3.05) is 6.61 Å². The fourth-order valence-electron chi connectivity index (χ4n) is 2.51. The summed E-state index contributed by atoms with van der Waals surface area (Å²) in [6.07, 6.45) is 3.57. The Bertz CT molecular complexity index is 849. The number of hydrogen-bond donors (Lipinski definition) is 1. The number of carbonyl (C=O) groups excluding carboxylic acids is 1.